The van der Waals surface area contributed by atoms with Gasteiger partial charge in [-0.15, -0.1) is 0 Å². The lowest BCUT2D eigenvalue weighted by molar-refractivity contribution is -0.144. The number of carbonyl (C=O) groups excluding carboxylic acids is 1. The molecular formula is C20H34N2O3. The first-order chi connectivity index (χ1) is 11.9. The second-order valence-corrected chi connectivity index (χ2v) is 8.66. The number of nitrogens with one attached hydrogen (secondary N) is 1. The lowest BCUT2D eigenvalue weighted by Gasteiger charge is -2.51. The number of carbonyl (C=O) groups is 1. The van der Waals surface area contributed by atoms with E-state index in [1.807, 2.05) is 0 Å². The van der Waals surface area contributed by atoms with E-state index in [-0.39, 0.29) is 29.3 Å². The summed E-state index contributed by atoms with van der Waals surface area (Å²) >= 11 is 0. The Morgan fingerprint density at radius 3 is 2.92 bits per heavy atom. The number of rotatable bonds is 6. The summed E-state index contributed by atoms with van der Waals surface area (Å²) in [5, 5.41) is 14.7. The summed E-state index contributed by atoms with van der Waals surface area (Å²) in [5.41, 5.74) is 1.09. The maximum absolute atomic E-state index is 12.4. The van der Waals surface area contributed by atoms with Gasteiger partial charge in [0.2, 0.25) is 0 Å². The van der Waals surface area contributed by atoms with Gasteiger partial charge < -0.3 is 20.1 Å². The van der Waals surface area contributed by atoms with Crippen molar-refractivity contribution in [3.8, 4) is 0 Å². The molecule has 0 spiro atoms. The molecule has 6 atom stereocenters. The molecular weight excluding hydrogens is 316 g/mol. The van der Waals surface area contributed by atoms with Crippen LogP contribution >= 0.6 is 0 Å². The van der Waals surface area contributed by atoms with Crippen molar-refractivity contribution in [2.75, 3.05) is 33.7 Å². The average Bonchev–Trinajstić information content (AvgIpc) is 2.86. The Bertz CT molecular complexity index is 533. The summed E-state index contributed by atoms with van der Waals surface area (Å²) in [4.78, 5) is 14.6. The average molecular weight is 351 g/mol. The van der Waals surface area contributed by atoms with Crippen molar-refractivity contribution in [1.29, 1.82) is 0 Å². The highest BCUT2D eigenvalue weighted by molar-refractivity contribution is 5.76. The van der Waals surface area contributed by atoms with E-state index in [1.54, 1.807) is 0 Å². The number of fused-ring (bicyclic) bond motifs is 2. The molecule has 0 unspecified atom stereocenters. The van der Waals surface area contributed by atoms with E-state index >= 15 is 0 Å². The fraction of sp³-hybridized carbons (Fsp3) is 0.850. The highest BCUT2D eigenvalue weighted by atomic mass is 16.6. The number of allylic oxidation sites excluding steroid dienone is 1. The Labute approximate surface area is 151 Å². The molecule has 3 rings (SSSR count). The quantitative estimate of drug-likeness (QED) is 0.435. The molecule has 0 aromatic heterocycles. The Morgan fingerprint density at radius 2 is 2.20 bits per heavy atom. The molecule has 1 heterocycles. The van der Waals surface area contributed by atoms with Crippen LogP contribution in [0.1, 0.15) is 39.5 Å². The fourth-order valence-corrected chi connectivity index (χ4v) is 5.07. The van der Waals surface area contributed by atoms with Crippen molar-refractivity contribution in [3.05, 3.63) is 11.6 Å². The minimum Gasteiger partial charge on any atom is -0.461 e. The third-order valence-corrected chi connectivity index (χ3v) is 6.89. The minimum atomic E-state index is -0.507. The van der Waals surface area contributed by atoms with E-state index in [0.29, 0.717) is 12.5 Å². The molecule has 0 bridgehead atoms. The van der Waals surface area contributed by atoms with Crippen LogP contribution in [-0.4, -0.2) is 61.9 Å². The van der Waals surface area contributed by atoms with Crippen LogP contribution in [0.2, 0.25) is 0 Å². The van der Waals surface area contributed by atoms with Crippen LogP contribution in [0.15, 0.2) is 11.6 Å². The van der Waals surface area contributed by atoms with Gasteiger partial charge in [-0.3, -0.25) is 4.79 Å². The van der Waals surface area contributed by atoms with Crippen molar-refractivity contribution in [2.24, 2.45) is 23.2 Å². The molecule has 2 aliphatic carbocycles. The molecule has 3 aliphatic rings. The van der Waals surface area contributed by atoms with Gasteiger partial charge in [0, 0.05) is 24.3 Å². The van der Waals surface area contributed by atoms with Crippen LogP contribution < -0.4 is 5.32 Å². The third kappa shape index (κ3) is 3.38. The van der Waals surface area contributed by atoms with Crippen LogP contribution in [0.5, 0.6) is 0 Å². The second-order valence-electron chi connectivity index (χ2n) is 8.66. The van der Waals surface area contributed by atoms with Gasteiger partial charge >= 0.3 is 5.97 Å². The van der Waals surface area contributed by atoms with Crippen LogP contribution in [-0.2, 0) is 9.53 Å². The molecule has 142 valence electrons. The van der Waals surface area contributed by atoms with Crippen molar-refractivity contribution < 1.29 is 14.6 Å². The Balaban J connectivity index is 1.68. The highest BCUT2D eigenvalue weighted by Gasteiger charge is 2.59. The monoisotopic (exact) mass is 350 g/mol. The van der Waals surface area contributed by atoms with Crippen LogP contribution in [0.3, 0.4) is 0 Å². The number of hydrogen-bond acceptors (Lipinski definition) is 5. The molecule has 0 amide bonds. The first-order valence-electron chi connectivity index (χ1n) is 9.79. The molecule has 0 aromatic rings. The first kappa shape index (κ1) is 18.9. The largest absolute Gasteiger partial charge is 0.461 e. The molecule has 2 N–H and O–H groups in total. The van der Waals surface area contributed by atoms with Gasteiger partial charge in [0.05, 0.1) is 12.0 Å². The summed E-state index contributed by atoms with van der Waals surface area (Å²) < 4.78 is 5.68. The van der Waals surface area contributed by atoms with E-state index in [2.05, 4.69) is 44.2 Å². The molecule has 0 radical (unpaired) electrons. The summed E-state index contributed by atoms with van der Waals surface area (Å²) in [7, 11) is 4.13. The van der Waals surface area contributed by atoms with Crippen LogP contribution in [0, 0.1) is 23.2 Å². The van der Waals surface area contributed by atoms with Gasteiger partial charge in [0.15, 0.2) is 0 Å². The van der Waals surface area contributed by atoms with Crippen LogP contribution in [0.4, 0.5) is 0 Å². The van der Waals surface area contributed by atoms with Gasteiger partial charge in [-0.1, -0.05) is 25.5 Å². The minimum absolute atomic E-state index is 0.0865. The summed E-state index contributed by atoms with van der Waals surface area (Å²) in [5.74, 6) is -0.0130. The predicted octanol–water partition coefficient (Wildman–Crippen LogP) is 1.81. The highest BCUT2D eigenvalue weighted by Crippen LogP contribution is 2.55. The second kappa shape index (κ2) is 7.37. The van der Waals surface area contributed by atoms with Gasteiger partial charge in [-0.05, 0) is 52.4 Å². The standard InChI is InChI=1S/C20H34N2O3/c1-13-7-5-8-14-11-16-17(18(23)20(13,14)2)15(19(24)25-16)12-21-9-6-10-22(3)4/h8,13,15-18,21,23H,5-7,9-12H2,1-4H3/t13-,15-,16+,17+,18-,20+/m0/s1. The van der Waals surface area contributed by atoms with Crippen molar-refractivity contribution in [2.45, 2.75) is 51.7 Å². The summed E-state index contributed by atoms with van der Waals surface area (Å²) in [6.07, 6.45) is 5.64. The Morgan fingerprint density at radius 1 is 1.44 bits per heavy atom. The van der Waals surface area contributed by atoms with Gasteiger partial charge in [0.1, 0.15) is 6.10 Å². The van der Waals surface area contributed by atoms with Crippen molar-refractivity contribution >= 4 is 5.97 Å². The van der Waals surface area contributed by atoms with Gasteiger partial charge in [0.25, 0.3) is 0 Å². The number of nitrogens with zero attached hydrogens (tertiary/aromatic N) is 1. The normalized spacial score (nSPS) is 40.5. The zero-order valence-corrected chi connectivity index (χ0v) is 16.1. The number of aliphatic hydroxyl groups is 1. The number of ether oxygens (including phenoxy) is 1. The molecule has 0 aromatic carbocycles. The molecule has 5 nitrogen and oxygen atoms in total. The van der Waals surface area contributed by atoms with E-state index < -0.39 is 6.10 Å². The maximum atomic E-state index is 12.4. The van der Waals surface area contributed by atoms with E-state index in [4.69, 9.17) is 4.74 Å². The van der Waals surface area contributed by atoms with Crippen LogP contribution in [0.25, 0.3) is 0 Å². The lowest BCUT2D eigenvalue weighted by Crippen LogP contribution is -2.54. The predicted molar refractivity (Wildman–Crippen MR) is 98.1 cm³/mol. The Kier molecular flexibility index (Phi) is 5.57. The van der Waals surface area contributed by atoms with E-state index in [9.17, 15) is 9.90 Å². The summed E-state index contributed by atoms with van der Waals surface area (Å²) in [6.45, 7) is 6.94. The van der Waals surface area contributed by atoms with Gasteiger partial charge in [-0.2, -0.15) is 0 Å². The first-order valence-corrected chi connectivity index (χ1v) is 9.79. The molecule has 5 heteroatoms. The van der Waals surface area contributed by atoms with Crippen molar-refractivity contribution in [1.82, 2.24) is 10.2 Å². The smallest absolute Gasteiger partial charge is 0.311 e. The number of aliphatic hydroxyl groups excluding tert-OH is 1. The molecule has 1 saturated carbocycles. The lowest BCUT2D eigenvalue weighted by atomic mass is 9.55. The van der Waals surface area contributed by atoms with E-state index in [0.717, 1.165) is 38.8 Å². The third-order valence-electron chi connectivity index (χ3n) is 6.89. The zero-order chi connectivity index (χ0) is 18.2. The number of hydrogen-bond donors (Lipinski definition) is 2. The Hall–Kier alpha value is -0.910. The molecule has 25 heavy (non-hydrogen) atoms. The summed E-state index contributed by atoms with van der Waals surface area (Å²) in [6, 6.07) is 0. The van der Waals surface area contributed by atoms with E-state index in [1.165, 1.54) is 5.57 Å². The zero-order valence-electron chi connectivity index (χ0n) is 16.1. The molecule has 1 saturated heterocycles. The maximum Gasteiger partial charge on any atom is 0.311 e. The molecule has 2 fully saturated rings. The SMILES string of the molecule is C[C@H]1CCC=C2C[C@H]3OC(=O)[C@@H](CNCCCN(C)C)[C@H]3[C@H](O)[C@@]21C. The van der Waals surface area contributed by atoms with Gasteiger partial charge in [-0.25, -0.2) is 0 Å². The fourth-order valence-electron chi connectivity index (χ4n) is 5.07. The molecule has 1 aliphatic heterocycles. The number of esters is 1. The topological polar surface area (TPSA) is 61.8 Å². The van der Waals surface area contributed by atoms with Crippen molar-refractivity contribution in [3.63, 3.8) is 0 Å².